The lowest BCUT2D eigenvalue weighted by molar-refractivity contribution is 0.0260. The van der Waals surface area contributed by atoms with Crippen LogP contribution in [0, 0.1) is 5.82 Å². The van der Waals surface area contributed by atoms with Gasteiger partial charge in [-0.25, -0.2) is 4.39 Å². The highest BCUT2D eigenvalue weighted by atomic mass is 19.1. The molecule has 1 unspecified atom stereocenters. The zero-order valence-electron chi connectivity index (χ0n) is 16.4. The maximum atomic E-state index is 13.6. The number of benzene rings is 2. The van der Waals surface area contributed by atoms with Gasteiger partial charge in [-0.2, -0.15) is 0 Å². The number of halogens is 1. The third kappa shape index (κ3) is 3.04. The minimum absolute atomic E-state index is 0.194. The molecule has 5 rings (SSSR count). The van der Waals surface area contributed by atoms with E-state index in [2.05, 4.69) is 15.4 Å². The third-order valence-electron chi connectivity index (χ3n) is 5.74. The van der Waals surface area contributed by atoms with Gasteiger partial charge < -0.3 is 9.26 Å². The van der Waals surface area contributed by atoms with E-state index in [9.17, 15) is 14.0 Å². The van der Waals surface area contributed by atoms with Crippen LogP contribution in [0.25, 0.3) is 22.2 Å². The average Bonchev–Trinajstić information content (AvgIpc) is 3.29. The molecule has 1 saturated heterocycles. The number of amides is 2. The van der Waals surface area contributed by atoms with Crippen molar-refractivity contribution < 1.29 is 23.2 Å². The van der Waals surface area contributed by atoms with Gasteiger partial charge in [0.25, 0.3) is 11.8 Å². The molecule has 8 heteroatoms. The number of aromatic nitrogens is 1. The van der Waals surface area contributed by atoms with Crippen molar-refractivity contribution in [2.75, 3.05) is 13.1 Å². The Balaban J connectivity index is 1.64. The summed E-state index contributed by atoms with van der Waals surface area (Å²) in [6.07, 6.45) is 3.07. The van der Waals surface area contributed by atoms with Gasteiger partial charge in [-0.3, -0.25) is 19.8 Å². The van der Waals surface area contributed by atoms with E-state index < -0.39 is 17.6 Å². The predicted molar refractivity (Wildman–Crippen MR) is 107 cm³/mol. The zero-order chi connectivity index (χ0) is 20.8. The molecular formula is C22H20FN3O4. The number of likely N-dealkylation sites (tertiary alicyclic amines) is 1. The summed E-state index contributed by atoms with van der Waals surface area (Å²) in [6.45, 7) is 3.74. The maximum Gasteiger partial charge on any atom is 0.262 e. The van der Waals surface area contributed by atoms with Gasteiger partial charge in [-0.15, -0.1) is 0 Å². The summed E-state index contributed by atoms with van der Waals surface area (Å²) >= 11 is 0. The SMILES string of the molecule is CC(Oc1c(-c2noc3cc(F)ccc23)ccc2c1C(=O)NC2=O)N1CCCCC1. The monoisotopic (exact) mass is 409 g/mol. The standard InChI is InChI=1S/C22H20FN3O4/c1-12(26-9-3-2-4-10-26)29-20-16(8-7-15-18(20)22(28)24-21(15)27)19-14-6-5-13(23)11-17(14)30-25-19/h5-8,11-12H,2-4,9-10H2,1H3,(H,24,27,28). The Morgan fingerprint density at radius 1 is 1.10 bits per heavy atom. The lowest BCUT2D eigenvalue weighted by atomic mass is 9.99. The largest absolute Gasteiger partial charge is 0.474 e. The Morgan fingerprint density at radius 2 is 1.87 bits per heavy atom. The summed E-state index contributed by atoms with van der Waals surface area (Å²) in [5, 5.41) is 7.03. The number of carbonyl (C=O) groups is 2. The molecule has 1 aromatic heterocycles. The summed E-state index contributed by atoms with van der Waals surface area (Å²) in [6, 6.07) is 7.42. The summed E-state index contributed by atoms with van der Waals surface area (Å²) < 4.78 is 25.2. The van der Waals surface area contributed by atoms with Crippen LogP contribution in [-0.4, -0.2) is 41.2 Å². The minimum Gasteiger partial charge on any atom is -0.474 e. The van der Waals surface area contributed by atoms with Crippen molar-refractivity contribution in [1.29, 1.82) is 0 Å². The first-order valence-electron chi connectivity index (χ1n) is 10.0. The molecule has 2 amide bonds. The molecule has 7 nitrogen and oxygen atoms in total. The van der Waals surface area contributed by atoms with Crippen LogP contribution in [0.2, 0.25) is 0 Å². The van der Waals surface area contributed by atoms with Gasteiger partial charge in [0.2, 0.25) is 0 Å². The molecule has 0 radical (unpaired) electrons. The van der Waals surface area contributed by atoms with E-state index in [0.29, 0.717) is 22.2 Å². The summed E-state index contributed by atoms with van der Waals surface area (Å²) in [5.41, 5.74) is 1.71. The fraction of sp³-hybridized carbons (Fsp3) is 0.318. The quantitative estimate of drug-likeness (QED) is 0.661. The second-order valence-corrected chi connectivity index (χ2v) is 7.63. The van der Waals surface area contributed by atoms with Gasteiger partial charge in [-0.05, 0) is 44.0 Å². The number of piperidine rings is 1. The Bertz CT molecular complexity index is 1170. The van der Waals surface area contributed by atoms with E-state index in [1.807, 2.05) is 6.92 Å². The first-order chi connectivity index (χ1) is 14.5. The van der Waals surface area contributed by atoms with Crippen LogP contribution >= 0.6 is 0 Å². The number of rotatable bonds is 4. The summed E-state index contributed by atoms with van der Waals surface area (Å²) in [4.78, 5) is 27.0. The van der Waals surface area contributed by atoms with Crippen molar-refractivity contribution >= 4 is 22.8 Å². The van der Waals surface area contributed by atoms with Gasteiger partial charge in [0, 0.05) is 24.7 Å². The first kappa shape index (κ1) is 18.7. The molecule has 1 fully saturated rings. The molecule has 0 saturated carbocycles. The molecule has 2 aliphatic heterocycles. The smallest absolute Gasteiger partial charge is 0.262 e. The molecule has 1 N–H and O–H groups in total. The number of hydrogen-bond acceptors (Lipinski definition) is 6. The molecule has 30 heavy (non-hydrogen) atoms. The predicted octanol–water partition coefficient (Wildman–Crippen LogP) is 3.73. The highest BCUT2D eigenvalue weighted by molar-refractivity contribution is 6.23. The highest BCUT2D eigenvalue weighted by Crippen LogP contribution is 2.40. The van der Waals surface area contributed by atoms with Gasteiger partial charge in [-0.1, -0.05) is 11.6 Å². The van der Waals surface area contributed by atoms with Crippen molar-refractivity contribution in [2.45, 2.75) is 32.4 Å². The van der Waals surface area contributed by atoms with Crippen LogP contribution in [0.1, 0.15) is 46.9 Å². The average molecular weight is 409 g/mol. The van der Waals surface area contributed by atoms with E-state index in [4.69, 9.17) is 9.26 Å². The van der Waals surface area contributed by atoms with Crippen LogP contribution in [0.5, 0.6) is 5.75 Å². The van der Waals surface area contributed by atoms with E-state index in [-0.39, 0.29) is 23.1 Å². The first-order valence-corrected chi connectivity index (χ1v) is 10.0. The molecule has 2 aliphatic rings. The number of imide groups is 1. The number of nitrogens with zero attached hydrogens (tertiary/aromatic N) is 2. The van der Waals surface area contributed by atoms with Crippen molar-refractivity contribution in [3.63, 3.8) is 0 Å². The van der Waals surface area contributed by atoms with Crippen molar-refractivity contribution in [3.8, 4) is 17.0 Å². The normalized spacial score (nSPS) is 17.8. The number of fused-ring (bicyclic) bond motifs is 2. The van der Waals surface area contributed by atoms with Crippen molar-refractivity contribution in [1.82, 2.24) is 15.4 Å². The fourth-order valence-electron chi connectivity index (χ4n) is 4.17. The van der Waals surface area contributed by atoms with Crippen LogP contribution in [0.3, 0.4) is 0 Å². The minimum atomic E-state index is -0.503. The third-order valence-corrected chi connectivity index (χ3v) is 5.74. The molecule has 2 aromatic carbocycles. The molecule has 0 spiro atoms. The van der Waals surface area contributed by atoms with E-state index in [1.165, 1.54) is 18.6 Å². The van der Waals surface area contributed by atoms with Gasteiger partial charge >= 0.3 is 0 Å². The van der Waals surface area contributed by atoms with Crippen LogP contribution in [-0.2, 0) is 0 Å². The Labute approximate surface area is 171 Å². The van der Waals surface area contributed by atoms with E-state index in [1.54, 1.807) is 18.2 Å². The van der Waals surface area contributed by atoms with E-state index in [0.717, 1.165) is 25.9 Å². The molecular weight excluding hydrogens is 389 g/mol. The molecule has 154 valence electrons. The van der Waals surface area contributed by atoms with Gasteiger partial charge in [0.05, 0.1) is 16.5 Å². The zero-order valence-corrected chi connectivity index (χ0v) is 16.4. The van der Waals surface area contributed by atoms with E-state index >= 15 is 0 Å². The Hall–Kier alpha value is -3.26. The fourth-order valence-corrected chi connectivity index (χ4v) is 4.17. The van der Waals surface area contributed by atoms with Crippen LogP contribution < -0.4 is 10.1 Å². The molecule has 3 heterocycles. The number of nitrogens with one attached hydrogen (secondary N) is 1. The molecule has 0 bridgehead atoms. The van der Waals surface area contributed by atoms with Crippen molar-refractivity contribution in [2.24, 2.45) is 0 Å². The number of carbonyl (C=O) groups excluding carboxylic acids is 2. The van der Waals surface area contributed by atoms with Crippen molar-refractivity contribution in [3.05, 3.63) is 47.3 Å². The van der Waals surface area contributed by atoms with Crippen LogP contribution in [0.15, 0.2) is 34.9 Å². The topological polar surface area (TPSA) is 84.7 Å². The number of ether oxygens (including phenoxy) is 1. The Morgan fingerprint density at radius 3 is 2.67 bits per heavy atom. The summed E-state index contributed by atoms with van der Waals surface area (Å²) in [5.74, 6) is -1.10. The molecule has 1 atom stereocenters. The Kier molecular flexibility index (Phi) is 4.51. The highest BCUT2D eigenvalue weighted by Gasteiger charge is 2.34. The van der Waals surface area contributed by atoms with Crippen LogP contribution in [0.4, 0.5) is 4.39 Å². The summed E-state index contributed by atoms with van der Waals surface area (Å²) in [7, 11) is 0. The number of hydrogen-bond donors (Lipinski definition) is 1. The lowest BCUT2D eigenvalue weighted by Crippen LogP contribution is -2.41. The maximum absolute atomic E-state index is 13.6. The molecule has 3 aromatic rings. The van der Waals surface area contributed by atoms with Gasteiger partial charge in [0.1, 0.15) is 23.5 Å². The second kappa shape index (κ2) is 7.21. The lowest BCUT2D eigenvalue weighted by Gasteiger charge is -2.33. The molecule has 0 aliphatic carbocycles. The second-order valence-electron chi connectivity index (χ2n) is 7.63. The van der Waals surface area contributed by atoms with Gasteiger partial charge in [0.15, 0.2) is 5.58 Å².